The fourth-order valence-electron chi connectivity index (χ4n) is 1.58. The van der Waals surface area contributed by atoms with Crippen molar-refractivity contribution in [1.29, 1.82) is 0 Å². The molecule has 0 aliphatic heterocycles. The molecule has 0 aromatic heterocycles. The Labute approximate surface area is 116 Å². The van der Waals surface area contributed by atoms with Crippen LogP contribution in [0.3, 0.4) is 0 Å². The molecule has 1 N–H and O–H groups in total. The molecule has 0 spiro atoms. The Morgan fingerprint density at radius 2 is 2.11 bits per heavy atom. The maximum atomic E-state index is 12.0. The first-order chi connectivity index (χ1) is 8.95. The van der Waals surface area contributed by atoms with Gasteiger partial charge in [-0.1, -0.05) is 17.7 Å². The third-order valence-corrected chi connectivity index (χ3v) is 3.06. The number of hydrogen-bond donors (Lipinski definition) is 1. The molecule has 0 aliphatic rings. The molecule has 0 aliphatic carbocycles. The van der Waals surface area contributed by atoms with Crippen molar-refractivity contribution >= 4 is 23.5 Å². The minimum absolute atomic E-state index is 0.0815. The quantitative estimate of drug-likeness (QED) is 0.866. The van der Waals surface area contributed by atoms with E-state index in [1.54, 1.807) is 25.2 Å². The first-order valence-electron chi connectivity index (χ1n) is 5.72. The van der Waals surface area contributed by atoms with E-state index in [-0.39, 0.29) is 25.3 Å². The summed E-state index contributed by atoms with van der Waals surface area (Å²) in [5.74, 6) is -0.588. The number of carbonyl (C=O) groups excluding carboxylic acids is 1. The molecule has 5 nitrogen and oxygen atoms in total. The molecular weight excluding hydrogens is 270 g/mol. The van der Waals surface area contributed by atoms with Gasteiger partial charge < -0.3 is 14.7 Å². The molecule has 1 amide bonds. The Hall–Kier alpha value is -1.75. The minimum atomic E-state index is -0.935. The van der Waals surface area contributed by atoms with Crippen LogP contribution < -0.4 is 4.74 Å². The predicted molar refractivity (Wildman–Crippen MR) is 71.6 cm³/mol. The zero-order valence-corrected chi connectivity index (χ0v) is 11.6. The lowest BCUT2D eigenvalue weighted by atomic mass is 10.1. The summed E-state index contributed by atoms with van der Waals surface area (Å²) >= 11 is 6.04. The number of methoxy groups -OCH3 is 1. The van der Waals surface area contributed by atoms with Crippen molar-refractivity contribution in [1.82, 2.24) is 4.90 Å². The molecule has 0 bridgehead atoms. The summed E-state index contributed by atoms with van der Waals surface area (Å²) < 4.78 is 5.16. The molecule has 1 aromatic rings. The number of likely N-dealkylation sites (N-methyl/N-ethyl adjacent to an activating group) is 1. The molecular formula is C13H16ClNO4. The summed E-state index contributed by atoms with van der Waals surface area (Å²) in [6.07, 6.45) is 0.000856. The van der Waals surface area contributed by atoms with Crippen LogP contribution in [0, 0.1) is 0 Å². The number of halogens is 1. The zero-order chi connectivity index (χ0) is 14.4. The summed E-state index contributed by atoms with van der Waals surface area (Å²) in [6.45, 7) is 0.168. The highest BCUT2D eigenvalue weighted by molar-refractivity contribution is 6.31. The van der Waals surface area contributed by atoms with Crippen LogP contribution in [0.4, 0.5) is 0 Å². The van der Waals surface area contributed by atoms with Crippen molar-refractivity contribution in [3.63, 3.8) is 0 Å². The van der Waals surface area contributed by atoms with Crippen LogP contribution in [-0.2, 0) is 16.0 Å². The molecule has 6 heteroatoms. The lowest BCUT2D eigenvalue weighted by Crippen LogP contribution is -2.30. The first-order valence-corrected chi connectivity index (χ1v) is 6.10. The van der Waals surface area contributed by atoms with Gasteiger partial charge in [0.25, 0.3) is 0 Å². The summed E-state index contributed by atoms with van der Waals surface area (Å²) in [5.41, 5.74) is 0.610. The molecule has 1 aromatic carbocycles. The summed E-state index contributed by atoms with van der Waals surface area (Å²) in [5, 5.41) is 9.04. The average molecular weight is 286 g/mol. The van der Waals surface area contributed by atoms with Gasteiger partial charge in [-0.3, -0.25) is 9.59 Å². The molecule has 0 heterocycles. The van der Waals surface area contributed by atoms with Crippen molar-refractivity contribution in [2.24, 2.45) is 0 Å². The lowest BCUT2D eigenvalue weighted by Gasteiger charge is -2.17. The van der Waals surface area contributed by atoms with Gasteiger partial charge in [-0.15, -0.1) is 0 Å². The van der Waals surface area contributed by atoms with Crippen molar-refractivity contribution in [3.05, 3.63) is 28.8 Å². The van der Waals surface area contributed by atoms with Crippen LogP contribution >= 0.6 is 11.6 Å². The largest absolute Gasteiger partial charge is 0.496 e. The number of carboxylic acid groups (broad SMARTS) is 1. The van der Waals surface area contributed by atoms with E-state index in [0.717, 1.165) is 0 Å². The Morgan fingerprint density at radius 1 is 1.42 bits per heavy atom. The second-order valence-corrected chi connectivity index (χ2v) is 4.46. The fourth-order valence-corrected chi connectivity index (χ4v) is 1.81. The van der Waals surface area contributed by atoms with E-state index in [1.165, 1.54) is 12.0 Å². The monoisotopic (exact) mass is 285 g/mol. The van der Waals surface area contributed by atoms with Gasteiger partial charge in [0.1, 0.15) is 5.75 Å². The Bertz CT molecular complexity index is 476. The molecule has 0 saturated heterocycles. The van der Waals surface area contributed by atoms with Gasteiger partial charge in [0.05, 0.1) is 20.0 Å². The van der Waals surface area contributed by atoms with Gasteiger partial charge in [-0.25, -0.2) is 0 Å². The van der Waals surface area contributed by atoms with Crippen molar-refractivity contribution < 1.29 is 19.4 Å². The maximum absolute atomic E-state index is 12.0. The van der Waals surface area contributed by atoms with Gasteiger partial charge in [0.15, 0.2) is 0 Å². The van der Waals surface area contributed by atoms with Crippen LogP contribution in [0.5, 0.6) is 5.75 Å². The third-order valence-electron chi connectivity index (χ3n) is 2.71. The molecule has 0 saturated carbocycles. The minimum Gasteiger partial charge on any atom is -0.496 e. The summed E-state index contributed by atoms with van der Waals surface area (Å²) in [6, 6.07) is 5.15. The van der Waals surface area contributed by atoms with Gasteiger partial charge in [-0.05, 0) is 12.1 Å². The fraction of sp³-hybridized carbons (Fsp3) is 0.385. The van der Waals surface area contributed by atoms with E-state index in [1.807, 2.05) is 0 Å². The number of aliphatic carboxylic acids is 1. The highest BCUT2D eigenvalue weighted by Gasteiger charge is 2.16. The number of hydrogen-bond acceptors (Lipinski definition) is 3. The highest BCUT2D eigenvalue weighted by atomic mass is 35.5. The number of nitrogens with zero attached hydrogens (tertiary/aromatic N) is 1. The van der Waals surface area contributed by atoms with E-state index in [0.29, 0.717) is 16.3 Å². The van der Waals surface area contributed by atoms with Gasteiger partial charge >= 0.3 is 5.97 Å². The van der Waals surface area contributed by atoms with Gasteiger partial charge in [-0.2, -0.15) is 0 Å². The molecule has 0 unspecified atom stereocenters. The van der Waals surface area contributed by atoms with Crippen LogP contribution in [0.15, 0.2) is 18.2 Å². The molecule has 0 fully saturated rings. The second-order valence-electron chi connectivity index (χ2n) is 4.06. The average Bonchev–Trinajstić information content (AvgIpc) is 2.37. The molecule has 104 valence electrons. The van der Waals surface area contributed by atoms with Crippen LogP contribution in [0.25, 0.3) is 0 Å². The normalized spacial score (nSPS) is 10.1. The Kier molecular flexibility index (Phi) is 5.63. The SMILES string of the molecule is COc1cccc(Cl)c1CC(=O)N(C)CCC(=O)O. The van der Waals surface area contributed by atoms with Gasteiger partial charge in [0.2, 0.25) is 5.91 Å². The first kappa shape index (κ1) is 15.3. The van der Waals surface area contributed by atoms with E-state index in [2.05, 4.69) is 0 Å². The van der Waals surface area contributed by atoms with Crippen molar-refractivity contribution in [2.75, 3.05) is 20.7 Å². The number of rotatable bonds is 6. The Balaban J connectivity index is 2.74. The summed E-state index contributed by atoms with van der Waals surface area (Å²) in [7, 11) is 3.07. The smallest absolute Gasteiger partial charge is 0.305 e. The summed E-state index contributed by atoms with van der Waals surface area (Å²) in [4.78, 5) is 23.8. The van der Waals surface area contributed by atoms with Crippen LogP contribution in [-0.4, -0.2) is 42.6 Å². The second kappa shape index (κ2) is 6.99. The molecule has 19 heavy (non-hydrogen) atoms. The molecule has 1 rings (SSSR count). The zero-order valence-electron chi connectivity index (χ0n) is 10.9. The number of carboxylic acids is 1. The van der Waals surface area contributed by atoms with E-state index >= 15 is 0 Å². The standard InChI is InChI=1S/C13H16ClNO4/c1-15(7-6-13(17)18)12(16)8-9-10(14)4-3-5-11(9)19-2/h3-5H,6-8H2,1-2H3,(H,17,18). The van der Waals surface area contributed by atoms with Gasteiger partial charge in [0, 0.05) is 24.2 Å². The van der Waals surface area contributed by atoms with Crippen LogP contribution in [0.1, 0.15) is 12.0 Å². The van der Waals surface area contributed by atoms with Crippen molar-refractivity contribution in [2.45, 2.75) is 12.8 Å². The number of amides is 1. The number of carbonyl (C=O) groups is 2. The molecule has 0 radical (unpaired) electrons. The van der Waals surface area contributed by atoms with E-state index in [4.69, 9.17) is 21.4 Å². The Morgan fingerprint density at radius 3 is 2.68 bits per heavy atom. The maximum Gasteiger partial charge on any atom is 0.305 e. The predicted octanol–water partition coefficient (Wildman–Crippen LogP) is 1.82. The number of benzene rings is 1. The van der Waals surface area contributed by atoms with E-state index in [9.17, 15) is 9.59 Å². The van der Waals surface area contributed by atoms with E-state index < -0.39 is 5.97 Å². The van der Waals surface area contributed by atoms with Crippen LogP contribution in [0.2, 0.25) is 5.02 Å². The molecule has 0 atom stereocenters. The third kappa shape index (κ3) is 4.44. The van der Waals surface area contributed by atoms with Crippen molar-refractivity contribution in [3.8, 4) is 5.75 Å². The topological polar surface area (TPSA) is 66.8 Å². The number of ether oxygens (including phenoxy) is 1. The highest BCUT2D eigenvalue weighted by Crippen LogP contribution is 2.26. The lowest BCUT2D eigenvalue weighted by molar-refractivity contribution is -0.138.